The minimum atomic E-state index is -1.17. The molecule has 10 heteroatoms. The predicted octanol–water partition coefficient (Wildman–Crippen LogP) is 5.91. The first-order valence-electron chi connectivity index (χ1n) is 15.6. The number of likely N-dealkylation sites (tertiary alicyclic amines) is 1. The van der Waals surface area contributed by atoms with E-state index in [4.69, 9.17) is 9.84 Å². The third-order valence-corrected chi connectivity index (χ3v) is 6.12. The number of ether oxygens (including phenoxy) is 1. The Morgan fingerprint density at radius 2 is 1.62 bits per heavy atom. The molecule has 1 fully saturated rings. The lowest BCUT2D eigenvalue weighted by Gasteiger charge is -2.27. The summed E-state index contributed by atoms with van der Waals surface area (Å²) < 4.78 is 5.07. The molecule has 3 rings (SSSR count). The van der Waals surface area contributed by atoms with Crippen molar-refractivity contribution in [2.24, 2.45) is 11.8 Å². The highest BCUT2D eigenvalue weighted by atomic mass is 16.6. The number of rotatable bonds is 8. The van der Waals surface area contributed by atoms with Crippen molar-refractivity contribution in [1.29, 1.82) is 0 Å². The average molecular weight is 630 g/mol. The second-order valence-electron chi connectivity index (χ2n) is 12.1. The van der Waals surface area contributed by atoms with Crippen molar-refractivity contribution in [2.75, 3.05) is 13.1 Å². The minimum absolute atomic E-state index is 0.116. The van der Waals surface area contributed by atoms with Crippen molar-refractivity contribution in [1.82, 2.24) is 15.5 Å². The van der Waals surface area contributed by atoms with E-state index in [9.17, 15) is 24.3 Å². The summed E-state index contributed by atoms with van der Waals surface area (Å²) in [6.07, 6.45) is 1.77. The number of benzene rings is 2. The van der Waals surface area contributed by atoms with Gasteiger partial charge in [-0.05, 0) is 61.9 Å². The molecule has 252 valence electrons. The fourth-order valence-electron chi connectivity index (χ4n) is 4.04. The van der Waals surface area contributed by atoms with Crippen LogP contribution in [0.1, 0.15) is 80.7 Å². The van der Waals surface area contributed by atoms with Gasteiger partial charge in [0.05, 0.1) is 6.61 Å². The van der Waals surface area contributed by atoms with Gasteiger partial charge < -0.3 is 30.5 Å². The van der Waals surface area contributed by atoms with Crippen molar-refractivity contribution in [3.8, 4) is 0 Å². The van der Waals surface area contributed by atoms with Crippen LogP contribution < -0.4 is 10.6 Å². The van der Waals surface area contributed by atoms with E-state index in [0.717, 1.165) is 11.5 Å². The van der Waals surface area contributed by atoms with Gasteiger partial charge in [-0.15, -0.1) is 6.58 Å². The molecular weight excluding hydrogens is 574 g/mol. The Morgan fingerprint density at radius 3 is 2.13 bits per heavy atom. The van der Waals surface area contributed by atoms with Gasteiger partial charge in [-0.2, -0.15) is 0 Å². The van der Waals surface area contributed by atoms with E-state index in [-0.39, 0.29) is 13.2 Å². The van der Waals surface area contributed by atoms with E-state index in [0.29, 0.717) is 19.4 Å². The molecular formula is C35H55N3O7. The molecule has 3 atom stereocenters. The summed E-state index contributed by atoms with van der Waals surface area (Å²) in [6, 6.07) is 12.2. The van der Waals surface area contributed by atoms with E-state index in [2.05, 4.69) is 50.1 Å². The number of carboxylic acids is 1. The molecule has 0 aromatic heterocycles. The van der Waals surface area contributed by atoms with E-state index >= 15 is 0 Å². The summed E-state index contributed by atoms with van der Waals surface area (Å²) in [5.41, 5.74) is 0.283. The van der Waals surface area contributed by atoms with Crippen LogP contribution >= 0.6 is 0 Å². The maximum atomic E-state index is 12.5. The second-order valence-corrected chi connectivity index (χ2v) is 12.1. The number of amides is 3. The first kappa shape index (κ1) is 41.1. The lowest BCUT2D eigenvalue weighted by molar-refractivity contribution is -0.144. The van der Waals surface area contributed by atoms with Crippen LogP contribution in [0.3, 0.4) is 0 Å². The quantitative estimate of drug-likeness (QED) is 0.266. The fraction of sp³-hybridized carbons (Fsp3) is 0.543. The molecule has 0 saturated carbocycles. The zero-order valence-electron chi connectivity index (χ0n) is 28.6. The highest BCUT2D eigenvalue weighted by Crippen LogP contribution is 2.19. The SMILES string of the molecule is C=CC(C)C(NC(=O)C1CCCN1C(=O)CNC(=O)OC(C)(C)C)C(=O)O.CC.CC(C)C.OCc1ccc2ccccc2c1. The molecule has 0 aliphatic carbocycles. The van der Waals surface area contributed by atoms with Crippen LogP contribution in [-0.4, -0.2) is 69.8 Å². The number of aliphatic hydroxyl groups excluding tert-OH is 1. The maximum Gasteiger partial charge on any atom is 0.408 e. The van der Waals surface area contributed by atoms with Crippen molar-refractivity contribution in [3.05, 3.63) is 60.7 Å². The zero-order valence-corrected chi connectivity index (χ0v) is 28.6. The molecule has 10 nitrogen and oxygen atoms in total. The van der Waals surface area contributed by atoms with Gasteiger partial charge in [0.2, 0.25) is 11.8 Å². The smallest absolute Gasteiger partial charge is 0.408 e. The third-order valence-electron chi connectivity index (χ3n) is 6.12. The normalized spacial score (nSPS) is 15.1. The fourth-order valence-corrected chi connectivity index (χ4v) is 4.04. The number of carbonyl (C=O) groups is 4. The Morgan fingerprint density at radius 1 is 1.04 bits per heavy atom. The van der Waals surface area contributed by atoms with E-state index in [1.54, 1.807) is 27.7 Å². The summed E-state index contributed by atoms with van der Waals surface area (Å²) in [6.45, 7) is 21.0. The van der Waals surface area contributed by atoms with Crippen LogP contribution in [0, 0.1) is 11.8 Å². The molecule has 1 saturated heterocycles. The Balaban J connectivity index is 0.000000876. The van der Waals surface area contributed by atoms with Gasteiger partial charge in [-0.1, -0.05) is 84.0 Å². The van der Waals surface area contributed by atoms with Gasteiger partial charge in [-0.25, -0.2) is 9.59 Å². The van der Waals surface area contributed by atoms with Gasteiger partial charge in [0.15, 0.2) is 0 Å². The number of alkyl carbamates (subject to hydrolysis) is 1. The first-order valence-corrected chi connectivity index (χ1v) is 15.6. The Hall–Kier alpha value is -3.92. The van der Waals surface area contributed by atoms with Crippen LogP contribution in [0.25, 0.3) is 10.8 Å². The average Bonchev–Trinajstić information content (AvgIpc) is 3.48. The Labute approximate surface area is 269 Å². The van der Waals surface area contributed by atoms with Gasteiger partial charge in [0.1, 0.15) is 24.2 Å². The topological polar surface area (TPSA) is 145 Å². The summed E-state index contributed by atoms with van der Waals surface area (Å²) in [4.78, 5) is 49.3. The zero-order chi connectivity index (χ0) is 34.7. The van der Waals surface area contributed by atoms with Gasteiger partial charge in [0, 0.05) is 12.5 Å². The molecule has 0 radical (unpaired) electrons. The van der Waals surface area contributed by atoms with Gasteiger partial charge >= 0.3 is 12.1 Å². The van der Waals surface area contributed by atoms with Crippen LogP contribution in [-0.2, 0) is 25.7 Å². The summed E-state index contributed by atoms with van der Waals surface area (Å²) >= 11 is 0. The number of nitrogens with zero attached hydrogens (tertiary/aromatic N) is 1. The number of hydrogen-bond donors (Lipinski definition) is 4. The molecule has 4 N–H and O–H groups in total. The molecule has 0 bridgehead atoms. The number of fused-ring (bicyclic) bond motifs is 1. The van der Waals surface area contributed by atoms with Gasteiger partial charge in [0.25, 0.3) is 0 Å². The number of aliphatic carboxylic acids is 1. The summed E-state index contributed by atoms with van der Waals surface area (Å²) in [5, 5.41) is 25.4. The second kappa shape index (κ2) is 20.9. The summed E-state index contributed by atoms with van der Waals surface area (Å²) in [7, 11) is 0. The van der Waals surface area contributed by atoms with Crippen molar-refractivity contribution in [3.63, 3.8) is 0 Å². The first-order chi connectivity index (χ1) is 21.1. The lowest BCUT2D eigenvalue weighted by atomic mass is 10.0. The Kier molecular flexibility index (Phi) is 19.1. The maximum absolute atomic E-state index is 12.5. The molecule has 2 aromatic rings. The number of nitrogens with one attached hydrogen (secondary N) is 2. The Bertz CT molecular complexity index is 1220. The highest BCUT2D eigenvalue weighted by Gasteiger charge is 2.36. The molecule has 3 amide bonds. The number of carbonyl (C=O) groups excluding carboxylic acids is 3. The predicted molar refractivity (Wildman–Crippen MR) is 180 cm³/mol. The molecule has 3 unspecified atom stereocenters. The van der Waals surface area contributed by atoms with Gasteiger partial charge in [-0.3, -0.25) is 9.59 Å². The number of carboxylic acid groups (broad SMARTS) is 1. The molecule has 1 aliphatic rings. The van der Waals surface area contributed by atoms with Crippen molar-refractivity contribution in [2.45, 2.75) is 99.4 Å². The highest BCUT2D eigenvalue weighted by molar-refractivity contribution is 5.92. The van der Waals surface area contributed by atoms with Crippen LogP contribution in [0.4, 0.5) is 4.79 Å². The van der Waals surface area contributed by atoms with Crippen LogP contribution in [0.2, 0.25) is 0 Å². The van der Waals surface area contributed by atoms with E-state index in [1.807, 2.05) is 44.2 Å². The number of hydrogen-bond acceptors (Lipinski definition) is 6. The molecule has 2 aromatic carbocycles. The van der Waals surface area contributed by atoms with Crippen LogP contribution in [0.5, 0.6) is 0 Å². The van der Waals surface area contributed by atoms with Crippen LogP contribution in [0.15, 0.2) is 55.1 Å². The standard InChI is InChI=1S/C18H29N3O6.C11H10O.C4H10.C2H6/c1-6-11(2)14(16(24)25)20-15(23)12-8-7-9-21(12)13(22)10-19-17(26)27-18(3,4)5;12-8-9-5-6-10-3-1-2-4-11(10)7-9;1-4(2)3;1-2/h6,11-12,14H,1,7-10H2,2-5H3,(H,19,26)(H,20,23)(H,24,25);1-7,12H,8H2;4H,1-3H3;1-2H3. The molecule has 45 heavy (non-hydrogen) atoms. The summed E-state index contributed by atoms with van der Waals surface area (Å²) in [5.74, 6) is -1.76. The van der Waals surface area contributed by atoms with E-state index < -0.39 is 47.5 Å². The molecule has 1 aliphatic heterocycles. The minimum Gasteiger partial charge on any atom is -0.480 e. The third kappa shape index (κ3) is 16.1. The molecule has 0 spiro atoms. The van der Waals surface area contributed by atoms with Crippen molar-refractivity contribution < 1.29 is 34.1 Å². The number of aliphatic hydroxyl groups is 1. The van der Waals surface area contributed by atoms with E-state index in [1.165, 1.54) is 21.7 Å². The largest absolute Gasteiger partial charge is 0.480 e. The monoisotopic (exact) mass is 629 g/mol. The van der Waals surface area contributed by atoms with Crippen molar-refractivity contribution >= 4 is 34.6 Å². The lowest BCUT2D eigenvalue weighted by Crippen LogP contribution is -2.53. The molecule has 1 heterocycles.